The van der Waals surface area contributed by atoms with Gasteiger partial charge in [-0.05, 0) is 36.4 Å². The molecule has 2 aromatic carbocycles. The number of amides is 1. The van der Waals surface area contributed by atoms with Crippen LogP contribution in [0.2, 0.25) is 5.02 Å². The predicted molar refractivity (Wildman–Crippen MR) is 107 cm³/mol. The fraction of sp³-hybridized carbons (Fsp3) is 0.105. The van der Waals surface area contributed by atoms with Crippen LogP contribution in [0.5, 0.6) is 11.5 Å². The number of aromatic nitrogens is 3. The van der Waals surface area contributed by atoms with E-state index in [0.29, 0.717) is 27.4 Å². The maximum Gasteiger partial charge on any atom is 0.234 e. The van der Waals surface area contributed by atoms with Crippen LogP contribution in [0.3, 0.4) is 0 Å². The second-order valence-electron chi connectivity index (χ2n) is 6.09. The van der Waals surface area contributed by atoms with Gasteiger partial charge < -0.3 is 14.8 Å². The zero-order valence-corrected chi connectivity index (χ0v) is 16.0. The number of fused-ring (bicyclic) bond motifs is 4. The molecule has 0 bridgehead atoms. The quantitative estimate of drug-likeness (QED) is 0.403. The van der Waals surface area contributed by atoms with Gasteiger partial charge in [0.05, 0.1) is 23.0 Å². The van der Waals surface area contributed by atoms with Gasteiger partial charge >= 0.3 is 0 Å². The highest BCUT2D eigenvalue weighted by atomic mass is 35.5. The van der Waals surface area contributed by atoms with Crippen LogP contribution in [0.25, 0.3) is 16.4 Å². The topological polar surface area (TPSA) is 77.8 Å². The maximum atomic E-state index is 12.4. The van der Waals surface area contributed by atoms with Crippen molar-refractivity contribution in [1.29, 1.82) is 0 Å². The van der Waals surface area contributed by atoms with Crippen molar-refractivity contribution in [3.05, 3.63) is 53.7 Å². The first-order valence-electron chi connectivity index (χ1n) is 8.43. The molecule has 3 heterocycles. The summed E-state index contributed by atoms with van der Waals surface area (Å²) in [6, 6.07) is 12.7. The van der Waals surface area contributed by atoms with E-state index in [1.165, 1.54) is 11.8 Å². The van der Waals surface area contributed by atoms with Gasteiger partial charge in [0, 0.05) is 22.2 Å². The number of carbonyl (C=O) groups excluding carboxylic acids is 1. The van der Waals surface area contributed by atoms with E-state index >= 15 is 0 Å². The van der Waals surface area contributed by atoms with Crippen molar-refractivity contribution in [2.45, 2.75) is 5.16 Å². The number of hydrogen-bond acceptors (Lipinski definition) is 6. The Morgan fingerprint density at radius 3 is 3.00 bits per heavy atom. The lowest BCUT2D eigenvalue weighted by molar-refractivity contribution is -0.113. The second-order valence-corrected chi connectivity index (χ2v) is 7.47. The first-order chi connectivity index (χ1) is 13.7. The number of ether oxygens (including phenoxy) is 2. The van der Waals surface area contributed by atoms with Gasteiger partial charge in [-0.25, -0.2) is 9.50 Å². The smallest absolute Gasteiger partial charge is 0.234 e. The molecule has 4 aromatic rings. The lowest BCUT2D eigenvalue weighted by Gasteiger charge is -2.08. The van der Waals surface area contributed by atoms with Crippen LogP contribution < -0.4 is 14.8 Å². The van der Waals surface area contributed by atoms with Gasteiger partial charge in [0.2, 0.25) is 12.7 Å². The van der Waals surface area contributed by atoms with Crippen molar-refractivity contribution in [3.63, 3.8) is 0 Å². The fourth-order valence-corrected chi connectivity index (χ4v) is 3.95. The molecule has 0 fully saturated rings. The van der Waals surface area contributed by atoms with Crippen LogP contribution >= 0.6 is 23.4 Å². The number of anilines is 1. The van der Waals surface area contributed by atoms with Crippen LogP contribution in [0.4, 0.5) is 5.69 Å². The number of thioether (sulfide) groups is 1. The average molecular weight is 413 g/mol. The zero-order valence-electron chi connectivity index (χ0n) is 14.4. The molecule has 0 spiro atoms. The highest BCUT2D eigenvalue weighted by molar-refractivity contribution is 7.99. The first-order valence-corrected chi connectivity index (χ1v) is 9.79. The number of rotatable bonds is 4. The largest absolute Gasteiger partial charge is 0.454 e. The van der Waals surface area contributed by atoms with E-state index in [1.807, 2.05) is 18.2 Å². The second kappa shape index (κ2) is 6.88. The number of halogens is 1. The maximum absolute atomic E-state index is 12.4. The van der Waals surface area contributed by atoms with E-state index in [4.69, 9.17) is 21.1 Å². The first kappa shape index (κ1) is 17.2. The van der Waals surface area contributed by atoms with E-state index in [-0.39, 0.29) is 18.5 Å². The Morgan fingerprint density at radius 1 is 1.18 bits per heavy atom. The summed E-state index contributed by atoms with van der Waals surface area (Å²) < 4.78 is 12.3. The molecule has 0 aliphatic carbocycles. The van der Waals surface area contributed by atoms with E-state index in [9.17, 15) is 4.79 Å². The van der Waals surface area contributed by atoms with Crippen LogP contribution in [-0.4, -0.2) is 33.1 Å². The number of nitrogens with zero attached hydrogens (tertiary/aromatic N) is 3. The Balaban J connectivity index is 1.36. The van der Waals surface area contributed by atoms with Gasteiger partial charge in [-0.15, -0.1) is 0 Å². The third-order valence-corrected chi connectivity index (χ3v) is 5.43. The fourth-order valence-electron chi connectivity index (χ4n) is 3.02. The van der Waals surface area contributed by atoms with Gasteiger partial charge in [-0.1, -0.05) is 23.4 Å². The molecule has 7 nitrogen and oxygen atoms in total. The highest BCUT2D eigenvalue weighted by Crippen LogP contribution is 2.34. The molecular weight excluding hydrogens is 400 g/mol. The molecule has 0 atom stereocenters. The Kier molecular flexibility index (Phi) is 4.22. The minimum atomic E-state index is -0.155. The molecule has 5 rings (SSSR count). The summed E-state index contributed by atoms with van der Waals surface area (Å²) in [6.45, 7) is 0.195. The third kappa shape index (κ3) is 3.10. The summed E-state index contributed by atoms with van der Waals surface area (Å²) in [5, 5.41) is 9.37. The van der Waals surface area contributed by atoms with Crippen molar-refractivity contribution in [2.75, 3.05) is 17.9 Å². The lowest BCUT2D eigenvalue weighted by Crippen LogP contribution is -2.14. The van der Waals surface area contributed by atoms with Crippen LogP contribution in [0.15, 0.2) is 53.8 Å². The Hall–Kier alpha value is -2.97. The molecule has 2 aromatic heterocycles. The van der Waals surface area contributed by atoms with Gasteiger partial charge in [-0.3, -0.25) is 4.79 Å². The number of benzene rings is 2. The average Bonchev–Trinajstić information content (AvgIpc) is 3.35. The van der Waals surface area contributed by atoms with Gasteiger partial charge in [-0.2, -0.15) is 5.10 Å². The highest BCUT2D eigenvalue weighted by Gasteiger charge is 2.15. The number of carbonyl (C=O) groups is 1. The van der Waals surface area contributed by atoms with Gasteiger partial charge in [0.25, 0.3) is 0 Å². The minimum Gasteiger partial charge on any atom is -0.454 e. The Labute approximate surface area is 168 Å². The Morgan fingerprint density at radius 2 is 2.07 bits per heavy atom. The predicted octanol–water partition coefficient (Wildman–Crippen LogP) is 4.00. The molecule has 1 aliphatic heterocycles. The molecular formula is C19H13ClN4O3S. The van der Waals surface area contributed by atoms with Crippen molar-refractivity contribution >= 4 is 51.4 Å². The summed E-state index contributed by atoms with van der Waals surface area (Å²) in [4.78, 5) is 17.0. The molecule has 0 radical (unpaired) electrons. The van der Waals surface area contributed by atoms with Crippen molar-refractivity contribution in [2.24, 2.45) is 0 Å². The molecule has 28 heavy (non-hydrogen) atoms. The molecule has 0 saturated heterocycles. The summed E-state index contributed by atoms with van der Waals surface area (Å²) >= 11 is 7.41. The van der Waals surface area contributed by atoms with Crippen molar-refractivity contribution < 1.29 is 14.3 Å². The monoisotopic (exact) mass is 412 g/mol. The lowest BCUT2D eigenvalue weighted by atomic mass is 10.2. The van der Waals surface area contributed by atoms with Crippen molar-refractivity contribution in [1.82, 2.24) is 14.6 Å². The summed E-state index contributed by atoms with van der Waals surface area (Å²) in [5.74, 6) is 1.32. The van der Waals surface area contributed by atoms with E-state index in [0.717, 1.165) is 16.4 Å². The summed E-state index contributed by atoms with van der Waals surface area (Å²) in [5.41, 5.74) is 2.33. The molecule has 9 heteroatoms. The number of hydrogen-bond donors (Lipinski definition) is 1. The molecule has 0 saturated carbocycles. The molecule has 1 aliphatic rings. The van der Waals surface area contributed by atoms with Crippen LogP contribution in [-0.2, 0) is 4.79 Å². The zero-order chi connectivity index (χ0) is 19.1. The van der Waals surface area contributed by atoms with Crippen LogP contribution in [0.1, 0.15) is 0 Å². The van der Waals surface area contributed by atoms with Crippen LogP contribution in [0, 0.1) is 0 Å². The van der Waals surface area contributed by atoms with Gasteiger partial charge in [0.15, 0.2) is 16.7 Å². The molecule has 1 N–H and O–H groups in total. The summed E-state index contributed by atoms with van der Waals surface area (Å²) in [6.07, 6.45) is 1.71. The molecule has 0 unspecified atom stereocenters. The summed E-state index contributed by atoms with van der Waals surface area (Å²) in [7, 11) is 0. The molecule has 1 amide bonds. The number of nitrogens with one attached hydrogen (secondary N) is 1. The standard InChI is InChI=1S/C19H13ClN4O3S/c20-11-1-3-13-14(7-11)23-19(24-15(13)5-6-21-24)28-9-18(25)22-12-2-4-16-17(8-12)27-10-26-16/h1-8H,9-10H2,(H,22,25). The third-order valence-electron chi connectivity index (χ3n) is 4.26. The minimum absolute atomic E-state index is 0.155. The molecule has 140 valence electrons. The van der Waals surface area contributed by atoms with E-state index < -0.39 is 0 Å². The van der Waals surface area contributed by atoms with Crippen molar-refractivity contribution in [3.8, 4) is 11.5 Å². The van der Waals surface area contributed by atoms with E-state index in [1.54, 1.807) is 35.0 Å². The normalized spacial score (nSPS) is 12.6. The Bertz CT molecular complexity index is 1230. The van der Waals surface area contributed by atoms with E-state index in [2.05, 4.69) is 15.4 Å². The SMILES string of the molecule is O=C(CSc1nc2cc(Cl)ccc2c2ccnn12)Nc1ccc2c(c1)OCO2. The van der Waals surface area contributed by atoms with Gasteiger partial charge in [0.1, 0.15) is 0 Å².